The number of fused-ring (bicyclic) bond motifs is 3. The Hall–Kier alpha value is -3.93. The molecule has 4 aliphatic rings. The van der Waals surface area contributed by atoms with E-state index in [-0.39, 0.29) is 24.1 Å². The number of benzene rings is 2. The highest BCUT2D eigenvalue weighted by Gasteiger charge is 2.76. The third-order valence-corrected chi connectivity index (χ3v) is 9.27. The molecule has 0 radical (unpaired) electrons. The van der Waals surface area contributed by atoms with Crippen LogP contribution < -0.4 is 9.47 Å². The molecular weight excluding hydrogens is 546 g/mol. The fourth-order valence-corrected chi connectivity index (χ4v) is 7.62. The molecule has 7 atom stereocenters. The smallest absolute Gasteiger partial charge is 0.357 e. The van der Waals surface area contributed by atoms with Crippen molar-refractivity contribution in [2.45, 2.75) is 61.6 Å². The standard InChI is InChI=1S/C31H33NO10/c1-16-9-10-20(39-3)25-23(16)30-14-18-15-32(2)26(18)31(30,38)12-11-21(27(30)42-25)40-29(37)24(17-7-5-4-6-8-17)41-22(34)13-19(33)28(35)36/h4-11,18-19,24,26-27,33,38H,12-15H2,1-3H3,(H,35,36)/t18?,19-,24-,26+,27-,30-,31+/m0/s1. The number of likely N-dealkylation sites (N-methyl/N-ethyl adjacent to an activating group) is 1. The minimum absolute atomic E-state index is 0.104. The number of carboxylic acids is 1. The lowest BCUT2D eigenvalue weighted by Crippen LogP contribution is -2.67. The van der Waals surface area contributed by atoms with Gasteiger partial charge in [0.15, 0.2) is 23.7 Å². The van der Waals surface area contributed by atoms with Crippen molar-refractivity contribution < 1.29 is 48.7 Å². The molecule has 6 rings (SSSR count). The number of likely N-dealkylation sites (tertiary alicyclic amines) is 1. The highest BCUT2D eigenvalue weighted by Crippen LogP contribution is 2.68. The van der Waals surface area contributed by atoms with Crippen molar-refractivity contribution in [3.8, 4) is 11.5 Å². The first-order valence-electron chi connectivity index (χ1n) is 13.9. The molecule has 222 valence electrons. The Labute approximate surface area is 242 Å². The van der Waals surface area contributed by atoms with E-state index in [0.29, 0.717) is 23.5 Å². The molecule has 1 spiro atoms. The van der Waals surface area contributed by atoms with E-state index in [1.54, 1.807) is 43.5 Å². The third kappa shape index (κ3) is 4.02. The van der Waals surface area contributed by atoms with Crippen LogP contribution in [0.25, 0.3) is 0 Å². The van der Waals surface area contributed by atoms with Gasteiger partial charge in [-0.2, -0.15) is 0 Å². The summed E-state index contributed by atoms with van der Waals surface area (Å²) < 4.78 is 23.5. The molecule has 2 heterocycles. The third-order valence-electron chi connectivity index (χ3n) is 9.27. The lowest BCUT2D eigenvalue weighted by Gasteiger charge is -2.52. The number of rotatable bonds is 8. The lowest BCUT2D eigenvalue weighted by molar-refractivity contribution is -0.171. The topological polar surface area (TPSA) is 152 Å². The molecule has 42 heavy (non-hydrogen) atoms. The molecule has 11 heteroatoms. The predicted octanol–water partition coefficient (Wildman–Crippen LogP) is 2.02. The van der Waals surface area contributed by atoms with Gasteiger partial charge >= 0.3 is 17.9 Å². The number of aliphatic hydroxyl groups excluding tert-OH is 1. The summed E-state index contributed by atoms with van der Waals surface area (Å²) in [6.45, 7) is 2.78. The number of carboxylic acid groups (broad SMARTS) is 1. The van der Waals surface area contributed by atoms with E-state index in [1.807, 2.05) is 26.1 Å². The average Bonchev–Trinajstić information content (AvgIpc) is 3.41. The van der Waals surface area contributed by atoms with Gasteiger partial charge in [-0.25, -0.2) is 9.59 Å². The number of carbonyl (C=O) groups is 3. The molecule has 1 saturated carbocycles. The summed E-state index contributed by atoms with van der Waals surface area (Å²) in [5.41, 5.74) is -0.0530. The quantitative estimate of drug-likeness (QED) is 0.394. The molecule has 0 bridgehead atoms. The van der Waals surface area contributed by atoms with Gasteiger partial charge in [0.05, 0.1) is 24.5 Å². The van der Waals surface area contributed by atoms with Gasteiger partial charge in [0.25, 0.3) is 0 Å². The van der Waals surface area contributed by atoms with Crippen LogP contribution in [0.1, 0.15) is 42.1 Å². The van der Waals surface area contributed by atoms with Crippen LogP contribution in [0, 0.1) is 12.8 Å². The highest BCUT2D eigenvalue weighted by molar-refractivity contribution is 5.84. The number of methoxy groups -OCH3 is 1. The van der Waals surface area contributed by atoms with E-state index in [1.165, 1.54) is 0 Å². The van der Waals surface area contributed by atoms with Crippen LogP contribution in [0.4, 0.5) is 0 Å². The van der Waals surface area contributed by atoms with Gasteiger partial charge in [0.1, 0.15) is 5.76 Å². The van der Waals surface area contributed by atoms with Crippen molar-refractivity contribution >= 4 is 17.9 Å². The second-order valence-electron chi connectivity index (χ2n) is 11.6. The van der Waals surface area contributed by atoms with Crippen molar-refractivity contribution in [1.82, 2.24) is 4.90 Å². The molecule has 1 unspecified atom stereocenters. The highest BCUT2D eigenvalue weighted by atomic mass is 16.6. The number of esters is 2. The molecular formula is C31H33NO10. The molecule has 2 aliphatic carbocycles. The van der Waals surface area contributed by atoms with Crippen LogP contribution in [-0.2, 0) is 29.3 Å². The van der Waals surface area contributed by atoms with Gasteiger partial charge in [0, 0.05) is 30.1 Å². The number of nitrogens with zero attached hydrogens (tertiary/aromatic N) is 1. The second kappa shape index (κ2) is 10.1. The number of hydrogen-bond acceptors (Lipinski definition) is 10. The number of aryl methyl sites for hydroxylation is 1. The summed E-state index contributed by atoms with van der Waals surface area (Å²) in [7, 11) is 3.53. The Morgan fingerprint density at radius 1 is 1.17 bits per heavy atom. The van der Waals surface area contributed by atoms with Gasteiger partial charge in [-0.3, -0.25) is 9.69 Å². The van der Waals surface area contributed by atoms with Gasteiger partial charge in [-0.05, 0) is 44.0 Å². The zero-order chi connectivity index (χ0) is 30.0. The molecule has 1 saturated heterocycles. The summed E-state index contributed by atoms with van der Waals surface area (Å²) >= 11 is 0. The summed E-state index contributed by atoms with van der Waals surface area (Å²) in [5.74, 6) is -2.18. The van der Waals surface area contributed by atoms with Crippen LogP contribution >= 0.6 is 0 Å². The minimum Gasteiger partial charge on any atom is -0.493 e. The Balaban J connectivity index is 1.36. The monoisotopic (exact) mass is 579 g/mol. The van der Waals surface area contributed by atoms with Gasteiger partial charge < -0.3 is 34.3 Å². The van der Waals surface area contributed by atoms with Crippen LogP contribution in [-0.4, -0.2) is 82.7 Å². The van der Waals surface area contributed by atoms with E-state index < -0.39 is 53.7 Å². The Morgan fingerprint density at radius 2 is 1.90 bits per heavy atom. The van der Waals surface area contributed by atoms with E-state index in [0.717, 1.165) is 17.7 Å². The van der Waals surface area contributed by atoms with E-state index in [4.69, 9.17) is 24.1 Å². The number of hydrogen-bond donors (Lipinski definition) is 3. The van der Waals surface area contributed by atoms with Crippen LogP contribution in [0.5, 0.6) is 11.5 Å². The van der Waals surface area contributed by atoms with Gasteiger partial charge in [-0.15, -0.1) is 0 Å². The zero-order valence-electron chi connectivity index (χ0n) is 23.5. The van der Waals surface area contributed by atoms with E-state index in [9.17, 15) is 24.6 Å². The summed E-state index contributed by atoms with van der Waals surface area (Å²) in [6, 6.07) is 11.8. The molecule has 11 nitrogen and oxygen atoms in total. The van der Waals surface area contributed by atoms with Crippen molar-refractivity contribution in [2.75, 3.05) is 20.7 Å². The zero-order valence-corrected chi connectivity index (χ0v) is 23.5. The SMILES string of the molecule is COc1ccc(C)c2c1O[C@H]1C(OC(=O)[C@@H](OC(=O)C[C@H](O)C(=O)O)c3ccccc3)=CC[C@@]3(O)[C@H]4C(CN4C)C[C@]213. The summed E-state index contributed by atoms with van der Waals surface area (Å²) in [6.07, 6.45) is -2.74. The second-order valence-corrected chi connectivity index (χ2v) is 11.6. The number of ether oxygens (including phenoxy) is 4. The van der Waals surface area contributed by atoms with Gasteiger partial charge in [0.2, 0.25) is 6.10 Å². The Morgan fingerprint density at radius 3 is 2.57 bits per heavy atom. The van der Waals surface area contributed by atoms with Crippen molar-refractivity contribution in [1.29, 1.82) is 0 Å². The molecule has 2 fully saturated rings. The van der Waals surface area contributed by atoms with Gasteiger partial charge in [-0.1, -0.05) is 36.4 Å². The maximum absolute atomic E-state index is 13.7. The number of aliphatic hydroxyl groups is 2. The average molecular weight is 580 g/mol. The molecule has 2 aromatic rings. The first-order valence-corrected chi connectivity index (χ1v) is 13.9. The number of carbonyl (C=O) groups excluding carboxylic acids is 2. The first kappa shape index (κ1) is 28.2. The largest absolute Gasteiger partial charge is 0.493 e. The summed E-state index contributed by atoms with van der Waals surface area (Å²) in [5, 5.41) is 31.1. The fourth-order valence-electron chi connectivity index (χ4n) is 7.62. The predicted molar refractivity (Wildman–Crippen MR) is 146 cm³/mol. The molecule has 3 N–H and O–H groups in total. The Kier molecular flexibility index (Phi) is 6.79. The molecule has 0 amide bonds. The summed E-state index contributed by atoms with van der Waals surface area (Å²) in [4.78, 5) is 39.4. The van der Waals surface area contributed by atoms with Crippen LogP contribution in [0.2, 0.25) is 0 Å². The van der Waals surface area contributed by atoms with Crippen molar-refractivity contribution in [2.24, 2.45) is 5.92 Å². The minimum atomic E-state index is -1.98. The number of aliphatic carboxylic acids is 1. The molecule has 2 aliphatic heterocycles. The van der Waals surface area contributed by atoms with E-state index >= 15 is 0 Å². The normalized spacial score (nSPS) is 30.2. The molecule has 2 aromatic carbocycles. The van der Waals surface area contributed by atoms with E-state index in [2.05, 4.69) is 4.90 Å². The maximum Gasteiger partial charge on any atom is 0.357 e. The fraction of sp³-hybridized carbons (Fsp3) is 0.452. The van der Waals surface area contributed by atoms with Crippen LogP contribution in [0.3, 0.4) is 0 Å². The lowest BCUT2D eigenvalue weighted by atomic mass is 9.60. The van der Waals surface area contributed by atoms with Crippen molar-refractivity contribution in [3.63, 3.8) is 0 Å². The van der Waals surface area contributed by atoms with Crippen molar-refractivity contribution in [3.05, 3.63) is 71.0 Å². The molecule has 0 aromatic heterocycles. The Bertz CT molecular complexity index is 1470. The van der Waals surface area contributed by atoms with Crippen LogP contribution in [0.15, 0.2) is 54.3 Å². The maximum atomic E-state index is 13.7. The first-order chi connectivity index (χ1) is 20.0.